The molecule has 0 atom stereocenters. The van der Waals surface area contributed by atoms with Crippen molar-refractivity contribution in [1.29, 1.82) is 0 Å². The van der Waals surface area contributed by atoms with Crippen LogP contribution in [0.25, 0.3) is 0 Å². The van der Waals surface area contributed by atoms with Gasteiger partial charge in [-0.1, -0.05) is 23.7 Å². The summed E-state index contributed by atoms with van der Waals surface area (Å²) < 4.78 is 13.1. The zero-order chi connectivity index (χ0) is 24.5. The highest BCUT2D eigenvalue weighted by Crippen LogP contribution is 2.47. The average Bonchev–Trinajstić information content (AvgIpc) is 2.84. The fourth-order valence-electron chi connectivity index (χ4n) is 5.21. The predicted octanol–water partition coefficient (Wildman–Crippen LogP) is 6.62. The van der Waals surface area contributed by atoms with E-state index in [0.29, 0.717) is 42.6 Å². The lowest BCUT2D eigenvalue weighted by Gasteiger charge is -2.37. The van der Waals surface area contributed by atoms with Crippen molar-refractivity contribution in [3.05, 3.63) is 78.7 Å². The minimum absolute atomic E-state index is 0.129. The zero-order valence-corrected chi connectivity index (χ0v) is 22.5. The summed E-state index contributed by atoms with van der Waals surface area (Å²) in [5.41, 5.74) is 5.37. The standard InChI is InChI=1S/C28H27ClINO4/c1-2-34-24-14-17(13-19(30)28(24)35-15-16-9-11-18(29)12-10-16)25-26-20(5-3-7-22(26)32)31-21-6-4-8-23(33)27(21)25/h9-14,25,31H,2-8,15H2,1H3. The van der Waals surface area contributed by atoms with Gasteiger partial charge < -0.3 is 14.8 Å². The Bertz CT molecular complexity index is 1210. The number of halogens is 2. The van der Waals surface area contributed by atoms with E-state index in [-0.39, 0.29) is 17.5 Å². The van der Waals surface area contributed by atoms with E-state index >= 15 is 0 Å². The Hall–Kier alpha value is -2.32. The van der Waals surface area contributed by atoms with Crippen molar-refractivity contribution in [3.63, 3.8) is 0 Å². The number of allylic oxidation sites excluding steroid dienone is 4. The number of benzene rings is 2. The summed E-state index contributed by atoms with van der Waals surface area (Å²) in [6, 6.07) is 11.5. The highest BCUT2D eigenvalue weighted by atomic mass is 127. The van der Waals surface area contributed by atoms with Gasteiger partial charge >= 0.3 is 0 Å². The molecule has 35 heavy (non-hydrogen) atoms. The molecule has 5 nitrogen and oxygen atoms in total. The zero-order valence-electron chi connectivity index (χ0n) is 19.6. The molecule has 3 aliphatic rings. The molecule has 1 aliphatic heterocycles. The van der Waals surface area contributed by atoms with Crippen molar-refractivity contribution in [2.45, 2.75) is 58.0 Å². The summed E-state index contributed by atoms with van der Waals surface area (Å²) in [7, 11) is 0. The molecule has 0 amide bonds. The van der Waals surface area contributed by atoms with Crippen molar-refractivity contribution in [2.75, 3.05) is 6.61 Å². The maximum absolute atomic E-state index is 13.1. The quantitative estimate of drug-likeness (QED) is 0.376. The number of hydrogen-bond donors (Lipinski definition) is 1. The van der Waals surface area contributed by atoms with Crippen LogP contribution in [-0.2, 0) is 16.2 Å². The van der Waals surface area contributed by atoms with E-state index in [1.165, 1.54) is 0 Å². The van der Waals surface area contributed by atoms with E-state index in [2.05, 4.69) is 27.9 Å². The van der Waals surface area contributed by atoms with Crippen molar-refractivity contribution in [2.24, 2.45) is 0 Å². The second-order valence-electron chi connectivity index (χ2n) is 9.07. The molecule has 5 rings (SSSR count). The van der Waals surface area contributed by atoms with Crippen molar-refractivity contribution >= 4 is 45.8 Å². The molecule has 1 heterocycles. The van der Waals surface area contributed by atoms with Gasteiger partial charge in [0.15, 0.2) is 23.1 Å². The Balaban J connectivity index is 1.56. The second-order valence-corrected chi connectivity index (χ2v) is 10.7. The molecule has 2 aromatic rings. The average molecular weight is 604 g/mol. The van der Waals surface area contributed by atoms with E-state index in [9.17, 15) is 9.59 Å². The molecule has 0 spiro atoms. The molecule has 182 valence electrons. The van der Waals surface area contributed by atoms with Gasteiger partial charge in [0.05, 0.1) is 10.2 Å². The van der Waals surface area contributed by atoms with Crippen molar-refractivity contribution in [1.82, 2.24) is 5.32 Å². The molecular weight excluding hydrogens is 577 g/mol. The Morgan fingerprint density at radius 3 is 2.17 bits per heavy atom. The number of ether oxygens (including phenoxy) is 2. The molecule has 0 radical (unpaired) electrons. The summed E-state index contributed by atoms with van der Waals surface area (Å²) >= 11 is 8.27. The van der Waals surface area contributed by atoms with Crippen molar-refractivity contribution < 1.29 is 19.1 Å². The van der Waals surface area contributed by atoms with Crippen LogP contribution in [0.4, 0.5) is 0 Å². The summed E-state index contributed by atoms with van der Waals surface area (Å²) in [5, 5.41) is 4.16. The van der Waals surface area contributed by atoms with Crippen LogP contribution in [0.2, 0.25) is 5.02 Å². The van der Waals surface area contributed by atoms with Gasteiger partial charge in [-0.15, -0.1) is 0 Å². The van der Waals surface area contributed by atoms with E-state index in [1.807, 2.05) is 43.3 Å². The number of ketones is 2. The topological polar surface area (TPSA) is 64.6 Å². The van der Waals surface area contributed by atoms with Gasteiger partial charge in [-0.3, -0.25) is 9.59 Å². The minimum Gasteiger partial charge on any atom is -0.490 e. The lowest BCUT2D eigenvalue weighted by Crippen LogP contribution is -2.36. The SMILES string of the molecule is CCOc1cc(C2C3=C(CCCC3=O)NC3=C2C(=O)CCC3)cc(I)c1OCc1ccc(Cl)cc1. The van der Waals surface area contributed by atoms with Crippen LogP contribution in [-0.4, -0.2) is 18.2 Å². The molecule has 7 heteroatoms. The summed E-state index contributed by atoms with van der Waals surface area (Å²) in [6.07, 6.45) is 4.39. The van der Waals surface area contributed by atoms with Gasteiger partial charge in [-0.2, -0.15) is 0 Å². The number of rotatable bonds is 6. The number of dihydropyridines is 1. The third-order valence-electron chi connectivity index (χ3n) is 6.75. The highest BCUT2D eigenvalue weighted by Gasteiger charge is 2.40. The van der Waals surface area contributed by atoms with Crippen LogP contribution in [0.15, 0.2) is 58.9 Å². The normalized spacial score (nSPS) is 18.3. The molecule has 0 saturated carbocycles. The fourth-order valence-corrected chi connectivity index (χ4v) is 6.12. The van der Waals surface area contributed by atoms with Crippen LogP contribution in [0.5, 0.6) is 11.5 Å². The van der Waals surface area contributed by atoms with Crippen LogP contribution >= 0.6 is 34.2 Å². The van der Waals surface area contributed by atoms with Gasteiger partial charge in [0.1, 0.15) is 6.61 Å². The van der Waals surface area contributed by atoms with Crippen LogP contribution < -0.4 is 14.8 Å². The third kappa shape index (κ3) is 4.87. The molecule has 0 bridgehead atoms. The van der Waals surface area contributed by atoms with E-state index in [1.54, 1.807) is 0 Å². The predicted molar refractivity (Wildman–Crippen MR) is 144 cm³/mol. The summed E-state index contributed by atoms with van der Waals surface area (Å²) in [6.45, 7) is 2.79. The van der Waals surface area contributed by atoms with Gasteiger partial charge in [0.2, 0.25) is 0 Å². The molecule has 0 unspecified atom stereocenters. The first-order valence-electron chi connectivity index (χ1n) is 12.1. The molecular formula is C28H27ClINO4. The Morgan fingerprint density at radius 1 is 0.943 bits per heavy atom. The van der Waals surface area contributed by atoms with Gasteiger partial charge in [0, 0.05) is 46.3 Å². The number of nitrogens with one attached hydrogen (secondary N) is 1. The minimum atomic E-state index is -0.361. The Kier molecular flexibility index (Phi) is 7.21. The van der Waals surface area contributed by atoms with E-state index in [0.717, 1.165) is 62.9 Å². The Labute approximate surface area is 224 Å². The second kappa shape index (κ2) is 10.3. The third-order valence-corrected chi connectivity index (χ3v) is 7.81. The largest absolute Gasteiger partial charge is 0.490 e. The number of carbonyl (C=O) groups excluding carboxylic acids is 2. The lowest BCUT2D eigenvalue weighted by atomic mass is 9.71. The maximum Gasteiger partial charge on any atom is 0.174 e. The molecule has 0 aromatic heterocycles. The molecule has 1 N–H and O–H groups in total. The highest BCUT2D eigenvalue weighted by molar-refractivity contribution is 14.1. The Morgan fingerprint density at radius 2 is 1.57 bits per heavy atom. The van der Waals surface area contributed by atoms with Crippen LogP contribution in [0.3, 0.4) is 0 Å². The number of hydrogen-bond acceptors (Lipinski definition) is 5. The first kappa shape index (κ1) is 24.4. The smallest absolute Gasteiger partial charge is 0.174 e. The number of Topliss-reactive ketones (excluding diaryl/α,β-unsaturated/α-hetero) is 2. The van der Waals surface area contributed by atoms with Crippen molar-refractivity contribution in [3.8, 4) is 11.5 Å². The summed E-state index contributed by atoms with van der Waals surface area (Å²) in [4.78, 5) is 26.3. The maximum atomic E-state index is 13.1. The van der Waals surface area contributed by atoms with E-state index < -0.39 is 0 Å². The van der Waals surface area contributed by atoms with Gasteiger partial charge in [-0.25, -0.2) is 0 Å². The van der Waals surface area contributed by atoms with Crippen LogP contribution in [0, 0.1) is 3.57 Å². The fraction of sp³-hybridized carbons (Fsp3) is 0.357. The summed E-state index contributed by atoms with van der Waals surface area (Å²) in [5.74, 6) is 1.18. The number of carbonyl (C=O) groups is 2. The first-order valence-corrected chi connectivity index (χ1v) is 13.5. The lowest BCUT2D eigenvalue weighted by molar-refractivity contribution is -0.116. The molecule has 0 fully saturated rings. The van der Waals surface area contributed by atoms with Crippen LogP contribution in [0.1, 0.15) is 62.5 Å². The molecule has 2 aromatic carbocycles. The molecule has 0 saturated heterocycles. The molecule has 2 aliphatic carbocycles. The van der Waals surface area contributed by atoms with Gasteiger partial charge in [0.25, 0.3) is 0 Å². The monoisotopic (exact) mass is 603 g/mol. The van der Waals surface area contributed by atoms with Gasteiger partial charge in [-0.05, 0) is 90.6 Å². The first-order chi connectivity index (χ1) is 17.0. The van der Waals surface area contributed by atoms with E-state index in [4.69, 9.17) is 21.1 Å².